The zero-order valence-electron chi connectivity index (χ0n) is 11.6. The summed E-state index contributed by atoms with van der Waals surface area (Å²) in [4.78, 5) is 2.15. The van der Waals surface area contributed by atoms with Crippen LogP contribution in [0.5, 0.6) is 0 Å². The number of hydrogen-bond acceptors (Lipinski definition) is 3. The van der Waals surface area contributed by atoms with E-state index >= 15 is 0 Å². The van der Waals surface area contributed by atoms with Crippen LogP contribution in [0.4, 0.5) is 0 Å². The second-order valence-corrected chi connectivity index (χ2v) is 6.64. The average molecular weight is 402 g/mol. The first kappa shape index (κ1) is 15.8. The van der Waals surface area contributed by atoms with E-state index in [0.717, 1.165) is 45.7 Å². The van der Waals surface area contributed by atoms with Crippen molar-refractivity contribution >= 4 is 31.9 Å². The largest absolute Gasteiger partial charge is 0.460 e. The van der Waals surface area contributed by atoms with E-state index in [1.54, 1.807) is 0 Å². The predicted octanol–water partition coefficient (Wildman–Crippen LogP) is 4.12. The molecule has 0 saturated carbocycles. The molecule has 5 heteroatoms. The zero-order chi connectivity index (χ0) is 14.5. The second kappa shape index (κ2) is 7.41. The van der Waals surface area contributed by atoms with Gasteiger partial charge in [0.25, 0.3) is 0 Å². The number of nitrogens with one attached hydrogen (secondary N) is 1. The maximum absolute atomic E-state index is 5.88. The van der Waals surface area contributed by atoms with Gasteiger partial charge in [-0.25, -0.2) is 0 Å². The number of halogens is 2. The summed E-state index contributed by atoms with van der Waals surface area (Å²) in [6.07, 6.45) is 0. The van der Waals surface area contributed by atoms with Gasteiger partial charge in [-0.15, -0.1) is 0 Å². The quantitative estimate of drug-likeness (QED) is 0.738. The molecule has 2 rings (SSSR count). The van der Waals surface area contributed by atoms with Crippen LogP contribution in [0.2, 0.25) is 0 Å². The van der Waals surface area contributed by atoms with Crippen LogP contribution >= 0.6 is 31.9 Å². The highest BCUT2D eigenvalue weighted by Crippen LogP contribution is 2.31. The van der Waals surface area contributed by atoms with Crippen molar-refractivity contribution < 1.29 is 4.42 Å². The Morgan fingerprint density at radius 3 is 2.65 bits per heavy atom. The topological polar surface area (TPSA) is 28.4 Å². The van der Waals surface area contributed by atoms with Gasteiger partial charge in [0.1, 0.15) is 11.5 Å². The number of rotatable bonds is 6. The van der Waals surface area contributed by atoms with Gasteiger partial charge in [-0.1, -0.05) is 15.9 Å². The molecule has 0 radical (unpaired) electrons. The fourth-order valence-electron chi connectivity index (χ4n) is 1.82. The number of likely N-dealkylation sites (N-methyl/N-ethyl adjacent to an activating group) is 1. The first-order valence-electron chi connectivity index (χ1n) is 6.46. The third-order valence-corrected chi connectivity index (χ3v) is 4.04. The van der Waals surface area contributed by atoms with Crippen LogP contribution in [0, 0.1) is 0 Å². The lowest BCUT2D eigenvalue weighted by molar-refractivity contribution is 0.392. The third kappa shape index (κ3) is 4.45. The fourth-order valence-corrected chi connectivity index (χ4v) is 3.06. The molecule has 3 nitrogen and oxygen atoms in total. The molecule has 0 aliphatic rings. The Morgan fingerprint density at radius 1 is 1.15 bits per heavy atom. The summed E-state index contributed by atoms with van der Waals surface area (Å²) in [5.41, 5.74) is 1.06. The molecule has 0 amide bonds. The standard InChI is InChI=1S/C15H18Br2N2O/c1-19(2)8-7-18-10-12-4-6-15(20-12)13-5-3-11(16)9-14(13)17/h3-6,9,18H,7-8,10H2,1-2H3. The van der Waals surface area contributed by atoms with Crippen molar-refractivity contribution in [2.75, 3.05) is 27.2 Å². The van der Waals surface area contributed by atoms with Crippen molar-refractivity contribution in [1.29, 1.82) is 0 Å². The molecular weight excluding hydrogens is 384 g/mol. The van der Waals surface area contributed by atoms with Crippen LogP contribution in [-0.4, -0.2) is 32.1 Å². The molecule has 0 aliphatic heterocycles. The van der Waals surface area contributed by atoms with Gasteiger partial charge in [0.15, 0.2) is 0 Å². The molecule has 0 saturated heterocycles. The molecule has 0 aliphatic carbocycles. The van der Waals surface area contributed by atoms with Crippen molar-refractivity contribution in [2.24, 2.45) is 0 Å². The smallest absolute Gasteiger partial charge is 0.135 e. The molecular formula is C15H18Br2N2O. The SMILES string of the molecule is CN(C)CCNCc1ccc(-c2ccc(Br)cc2Br)o1. The monoisotopic (exact) mass is 400 g/mol. The summed E-state index contributed by atoms with van der Waals surface area (Å²) in [5, 5.41) is 3.37. The minimum atomic E-state index is 0.752. The highest BCUT2D eigenvalue weighted by molar-refractivity contribution is 9.11. The van der Waals surface area contributed by atoms with Crippen molar-refractivity contribution in [3.05, 3.63) is 45.0 Å². The normalized spacial score (nSPS) is 11.2. The molecule has 1 aromatic heterocycles. The Labute approximate surface area is 136 Å². The Kier molecular flexibility index (Phi) is 5.84. The molecule has 1 N–H and O–H groups in total. The van der Waals surface area contributed by atoms with Gasteiger partial charge in [-0.05, 0) is 60.4 Å². The fraction of sp³-hybridized carbons (Fsp3) is 0.333. The highest BCUT2D eigenvalue weighted by Gasteiger charge is 2.08. The van der Waals surface area contributed by atoms with Crippen molar-refractivity contribution in [2.45, 2.75) is 6.54 Å². The third-order valence-electron chi connectivity index (χ3n) is 2.89. The van der Waals surface area contributed by atoms with Crippen LogP contribution < -0.4 is 5.32 Å². The van der Waals surface area contributed by atoms with Gasteiger partial charge < -0.3 is 14.6 Å². The van der Waals surface area contributed by atoms with E-state index in [9.17, 15) is 0 Å². The minimum Gasteiger partial charge on any atom is -0.460 e. The molecule has 0 atom stereocenters. The predicted molar refractivity (Wildman–Crippen MR) is 89.8 cm³/mol. The summed E-state index contributed by atoms with van der Waals surface area (Å²) in [7, 11) is 4.13. The first-order valence-corrected chi connectivity index (χ1v) is 8.04. The van der Waals surface area contributed by atoms with E-state index < -0.39 is 0 Å². The van der Waals surface area contributed by atoms with Crippen LogP contribution in [0.3, 0.4) is 0 Å². The molecule has 2 aromatic rings. The van der Waals surface area contributed by atoms with Gasteiger partial charge in [0, 0.05) is 27.6 Å². The molecule has 20 heavy (non-hydrogen) atoms. The van der Waals surface area contributed by atoms with Crippen LogP contribution in [0.1, 0.15) is 5.76 Å². The molecule has 0 spiro atoms. The van der Waals surface area contributed by atoms with E-state index in [-0.39, 0.29) is 0 Å². The van der Waals surface area contributed by atoms with E-state index in [4.69, 9.17) is 4.42 Å². The Balaban J connectivity index is 1.98. The van der Waals surface area contributed by atoms with Gasteiger partial charge >= 0.3 is 0 Å². The van der Waals surface area contributed by atoms with E-state index in [1.165, 1.54) is 0 Å². The van der Waals surface area contributed by atoms with Gasteiger partial charge in [-0.2, -0.15) is 0 Å². The summed E-state index contributed by atoms with van der Waals surface area (Å²) in [5.74, 6) is 1.84. The summed E-state index contributed by atoms with van der Waals surface area (Å²) < 4.78 is 7.94. The molecule has 0 fully saturated rings. The highest BCUT2D eigenvalue weighted by atomic mass is 79.9. The molecule has 0 bridgehead atoms. The first-order chi connectivity index (χ1) is 9.56. The van der Waals surface area contributed by atoms with Gasteiger partial charge in [-0.3, -0.25) is 0 Å². The second-order valence-electron chi connectivity index (χ2n) is 4.87. The summed E-state index contributed by atoms with van der Waals surface area (Å²) in [6.45, 7) is 2.72. The van der Waals surface area contributed by atoms with Crippen molar-refractivity contribution in [3.63, 3.8) is 0 Å². The summed E-state index contributed by atoms with van der Waals surface area (Å²) in [6, 6.07) is 10.1. The van der Waals surface area contributed by atoms with E-state index in [0.29, 0.717) is 0 Å². The van der Waals surface area contributed by atoms with E-state index in [1.807, 2.05) is 30.3 Å². The van der Waals surface area contributed by atoms with Crippen molar-refractivity contribution in [3.8, 4) is 11.3 Å². The number of benzene rings is 1. The molecule has 0 unspecified atom stereocenters. The Bertz CT molecular complexity index is 567. The number of furan rings is 1. The minimum absolute atomic E-state index is 0.752. The Morgan fingerprint density at radius 2 is 1.95 bits per heavy atom. The lowest BCUT2D eigenvalue weighted by Gasteiger charge is -2.09. The summed E-state index contributed by atoms with van der Waals surface area (Å²) >= 11 is 7.01. The van der Waals surface area contributed by atoms with Crippen molar-refractivity contribution in [1.82, 2.24) is 10.2 Å². The number of hydrogen-bond donors (Lipinski definition) is 1. The van der Waals surface area contributed by atoms with Crippen LogP contribution in [0.15, 0.2) is 43.7 Å². The zero-order valence-corrected chi connectivity index (χ0v) is 14.8. The lowest BCUT2D eigenvalue weighted by atomic mass is 10.2. The van der Waals surface area contributed by atoms with E-state index in [2.05, 4.69) is 56.2 Å². The lowest BCUT2D eigenvalue weighted by Crippen LogP contribution is -2.25. The maximum atomic E-state index is 5.88. The van der Waals surface area contributed by atoms with Crippen LogP contribution in [-0.2, 0) is 6.54 Å². The molecule has 108 valence electrons. The molecule has 1 aromatic carbocycles. The van der Waals surface area contributed by atoms with Gasteiger partial charge in [0.05, 0.1) is 6.54 Å². The Hall–Kier alpha value is -0.620. The molecule has 1 heterocycles. The number of nitrogens with zero attached hydrogens (tertiary/aromatic N) is 1. The van der Waals surface area contributed by atoms with Gasteiger partial charge in [0.2, 0.25) is 0 Å². The average Bonchev–Trinajstić information content (AvgIpc) is 2.83. The van der Waals surface area contributed by atoms with Crippen LogP contribution in [0.25, 0.3) is 11.3 Å². The maximum Gasteiger partial charge on any atom is 0.135 e.